The normalized spacial score (nSPS) is 14.6. The van der Waals surface area contributed by atoms with Gasteiger partial charge in [-0.1, -0.05) is 25.9 Å². The van der Waals surface area contributed by atoms with Gasteiger partial charge >= 0.3 is 0 Å². The third-order valence-electron chi connectivity index (χ3n) is 5.57. The van der Waals surface area contributed by atoms with Crippen molar-refractivity contribution < 1.29 is 4.52 Å². The highest BCUT2D eigenvalue weighted by Gasteiger charge is 2.35. The van der Waals surface area contributed by atoms with Gasteiger partial charge in [0, 0.05) is 23.6 Å². The van der Waals surface area contributed by atoms with E-state index in [4.69, 9.17) is 20.3 Å². The molecule has 0 spiro atoms. The van der Waals surface area contributed by atoms with Crippen molar-refractivity contribution in [2.45, 2.75) is 64.8 Å². The first kappa shape index (κ1) is 19.6. The molecule has 2 N–H and O–H groups in total. The Balaban J connectivity index is 1.74. The Bertz CT molecular complexity index is 1260. The van der Waals surface area contributed by atoms with E-state index in [9.17, 15) is 0 Å². The van der Waals surface area contributed by atoms with Gasteiger partial charge in [-0.25, -0.2) is 14.6 Å². The van der Waals surface area contributed by atoms with Gasteiger partial charge in [-0.15, -0.1) is 0 Å². The van der Waals surface area contributed by atoms with Crippen LogP contribution in [0.5, 0.6) is 0 Å². The Morgan fingerprint density at radius 3 is 2.45 bits per heavy atom. The minimum absolute atomic E-state index is 0.0830. The molecule has 160 valence electrons. The van der Waals surface area contributed by atoms with Gasteiger partial charge in [-0.05, 0) is 26.7 Å². The van der Waals surface area contributed by atoms with Crippen LogP contribution in [-0.4, -0.2) is 34.9 Å². The second kappa shape index (κ2) is 6.83. The maximum atomic E-state index is 6.25. The second-order valence-electron chi connectivity index (χ2n) is 9.43. The fraction of sp³-hybridized carbons (Fsp3) is 0.455. The maximum absolute atomic E-state index is 6.25. The summed E-state index contributed by atoms with van der Waals surface area (Å²) in [4.78, 5) is 18.0. The van der Waals surface area contributed by atoms with Gasteiger partial charge in [0.2, 0.25) is 0 Å². The van der Waals surface area contributed by atoms with Gasteiger partial charge < -0.3 is 10.3 Å². The lowest BCUT2D eigenvalue weighted by Crippen LogP contribution is -2.13. The molecule has 9 nitrogen and oxygen atoms in total. The first-order valence-corrected chi connectivity index (χ1v) is 10.6. The summed E-state index contributed by atoms with van der Waals surface area (Å²) in [5, 5.41) is 9.92. The molecule has 4 aromatic rings. The van der Waals surface area contributed by atoms with Crippen LogP contribution < -0.4 is 5.73 Å². The Hall–Kier alpha value is -3.36. The van der Waals surface area contributed by atoms with Crippen molar-refractivity contribution >= 4 is 16.9 Å². The zero-order chi connectivity index (χ0) is 21.9. The second-order valence-corrected chi connectivity index (χ2v) is 9.43. The highest BCUT2D eigenvalue weighted by atomic mass is 16.5. The summed E-state index contributed by atoms with van der Waals surface area (Å²) >= 11 is 0. The number of nitrogens with zero attached hydrogens (tertiary/aromatic N) is 7. The van der Waals surface area contributed by atoms with Crippen LogP contribution in [0.2, 0.25) is 0 Å². The minimum Gasteiger partial charge on any atom is -0.383 e. The quantitative estimate of drug-likeness (QED) is 0.521. The number of hydrogen-bond donors (Lipinski definition) is 1. The monoisotopic (exact) mass is 418 g/mol. The molecule has 4 heterocycles. The van der Waals surface area contributed by atoms with Gasteiger partial charge in [0.25, 0.3) is 0 Å². The Kier molecular flexibility index (Phi) is 4.32. The lowest BCUT2D eigenvalue weighted by Gasteiger charge is -2.17. The Morgan fingerprint density at radius 1 is 1.06 bits per heavy atom. The molecule has 0 unspecified atom stereocenters. The van der Waals surface area contributed by atoms with Gasteiger partial charge in [-0.2, -0.15) is 5.10 Å². The Labute approximate surface area is 180 Å². The molecule has 31 heavy (non-hydrogen) atoms. The summed E-state index contributed by atoms with van der Waals surface area (Å²) < 4.78 is 7.68. The average molecular weight is 419 g/mol. The molecule has 0 aliphatic heterocycles. The van der Waals surface area contributed by atoms with Gasteiger partial charge in [0.1, 0.15) is 29.3 Å². The maximum Gasteiger partial charge on any atom is 0.164 e. The SMILES string of the molecule is CC(C)n1nc(-c2noc(C3CC3)c2-c2cnc(C(C)(C)C)cn2)c2c(N)ncnc21. The third-order valence-corrected chi connectivity index (χ3v) is 5.57. The van der Waals surface area contributed by atoms with Crippen molar-refractivity contribution in [1.82, 2.24) is 34.9 Å². The molecule has 0 bridgehead atoms. The van der Waals surface area contributed by atoms with Crippen LogP contribution in [-0.2, 0) is 5.41 Å². The summed E-state index contributed by atoms with van der Waals surface area (Å²) in [6.07, 6.45) is 7.22. The molecule has 0 atom stereocenters. The van der Waals surface area contributed by atoms with Crippen molar-refractivity contribution in [3.05, 3.63) is 30.2 Å². The molecule has 1 aliphatic carbocycles. The third kappa shape index (κ3) is 3.24. The molecule has 0 amide bonds. The average Bonchev–Trinajstić information content (AvgIpc) is 3.34. The lowest BCUT2D eigenvalue weighted by molar-refractivity contribution is 0.386. The number of nitrogen functional groups attached to an aromatic ring is 1. The molecule has 1 aliphatic rings. The molecular weight excluding hydrogens is 392 g/mol. The molecule has 4 aromatic heterocycles. The molecular formula is C22H26N8O. The first-order valence-electron chi connectivity index (χ1n) is 10.6. The summed E-state index contributed by atoms with van der Waals surface area (Å²) in [6.45, 7) is 10.4. The van der Waals surface area contributed by atoms with Gasteiger partial charge in [0.15, 0.2) is 5.65 Å². The van der Waals surface area contributed by atoms with E-state index in [1.807, 2.05) is 24.7 Å². The molecule has 0 aromatic carbocycles. The summed E-state index contributed by atoms with van der Waals surface area (Å²) in [5.41, 5.74) is 10.5. The summed E-state index contributed by atoms with van der Waals surface area (Å²) in [6, 6.07) is 0.0923. The lowest BCUT2D eigenvalue weighted by atomic mass is 9.92. The zero-order valence-electron chi connectivity index (χ0n) is 18.4. The fourth-order valence-corrected chi connectivity index (χ4v) is 3.70. The highest BCUT2D eigenvalue weighted by Crippen LogP contribution is 2.48. The zero-order valence-corrected chi connectivity index (χ0v) is 18.4. The fourth-order valence-electron chi connectivity index (χ4n) is 3.70. The van der Waals surface area contributed by atoms with Gasteiger partial charge in [0.05, 0.1) is 28.5 Å². The number of fused-ring (bicyclic) bond motifs is 1. The molecule has 5 rings (SSSR count). The van der Waals surface area contributed by atoms with Crippen molar-refractivity contribution in [1.29, 1.82) is 0 Å². The number of hydrogen-bond acceptors (Lipinski definition) is 8. The largest absolute Gasteiger partial charge is 0.383 e. The number of anilines is 1. The predicted molar refractivity (Wildman–Crippen MR) is 117 cm³/mol. The number of aromatic nitrogens is 7. The first-order chi connectivity index (χ1) is 14.8. The van der Waals surface area contributed by atoms with Crippen LogP contribution in [0.15, 0.2) is 23.2 Å². The molecule has 1 fully saturated rings. The molecule has 9 heteroatoms. The van der Waals surface area contributed by atoms with Crippen LogP contribution >= 0.6 is 0 Å². The van der Waals surface area contributed by atoms with Crippen LogP contribution in [0.25, 0.3) is 33.7 Å². The molecule has 1 saturated carbocycles. The smallest absolute Gasteiger partial charge is 0.164 e. The van der Waals surface area contributed by atoms with Crippen molar-refractivity contribution in [2.24, 2.45) is 0 Å². The summed E-state index contributed by atoms with van der Waals surface area (Å²) in [5.74, 6) is 1.53. The van der Waals surface area contributed by atoms with Crippen molar-refractivity contribution in [3.8, 4) is 22.6 Å². The van der Waals surface area contributed by atoms with Crippen LogP contribution in [0, 0.1) is 0 Å². The van der Waals surface area contributed by atoms with Gasteiger partial charge in [-0.3, -0.25) is 9.97 Å². The number of nitrogens with two attached hydrogens (primary N) is 1. The van der Waals surface area contributed by atoms with Crippen LogP contribution in [0.1, 0.15) is 70.9 Å². The van der Waals surface area contributed by atoms with E-state index < -0.39 is 0 Å². The standard InChI is InChI=1S/C22H26N8O/c1-11(2)30-21-16(20(23)26-10-27-21)17(28-30)18-15(19(31-29-18)12-6-7-12)13-8-25-14(9-24-13)22(3,4)5/h8-12H,6-7H2,1-5H3,(H2,23,26,27). The van der Waals surface area contributed by atoms with E-state index in [-0.39, 0.29) is 11.5 Å². The molecule has 0 saturated heterocycles. The van der Waals surface area contributed by atoms with E-state index in [1.165, 1.54) is 6.33 Å². The van der Waals surface area contributed by atoms with Crippen molar-refractivity contribution in [2.75, 3.05) is 5.73 Å². The van der Waals surface area contributed by atoms with Crippen molar-refractivity contribution in [3.63, 3.8) is 0 Å². The van der Waals surface area contributed by atoms with E-state index in [1.54, 1.807) is 6.20 Å². The van der Waals surface area contributed by atoms with E-state index >= 15 is 0 Å². The highest BCUT2D eigenvalue weighted by molar-refractivity contribution is 6.00. The van der Waals surface area contributed by atoms with Crippen LogP contribution in [0.4, 0.5) is 5.82 Å². The van der Waals surface area contributed by atoms with Crippen LogP contribution in [0.3, 0.4) is 0 Å². The predicted octanol–water partition coefficient (Wildman–Crippen LogP) is 4.28. The molecule has 0 radical (unpaired) electrons. The summed E-state index contributed by atoms with van der Waals surface area (Å²) in [7, 11) is 0. The van der Waals surface area contributed by atoms with E-state index in [0.29, 0.717) is 39.9 Å². The van der Waals surface area contributed by atoms with E-state index in [2.05, 4.69) is 40.9 Å². The minimum atomic E-state index is -0.0830. The topological polar surface area (TPSA) is 121 Å². The number of rotatable bonds is 4. The van der Waals surface area contributed by atoms with E-state index in [0.717, 1.165) is 29.9 Å². The Morgan fingerprint density at radius 2 is 1.84 bits per heavy atom.